The molecule has 0 aliphatic carbocycles. The molecule has 0 spiro atoms. The highest BCUT2D eigenvalue weighted by Gasteiger charge is 2.24. The van der Waals surface area contributed by atoms with Crippen LogP contribution in [0.1, 0.15) is 33.6 Å². The minimum Gasteiger partial charge on any atom is -0.379 e. The van der Waals surface area contributed by atoms with Gasteiger partial charge in [-0.3, -0.25) is 19.6 Å². The van der Waals surface area contributed by atoms with Crippen LogP contribution in [-0.4, -0.2) is 99.3 Å². The summed E-state index contributed by atoms with van der Waals surface area (Å²) in [7, 11) is 1.69. The number of likely N-dealkylation sites (tertiary alicyclic amines) is 1. The maximum Gasteiger partial charge on any atom is 0.233 e. The largest absolute Gasteiger partial charge is 0.379 e. The summed E-state index contributed by atoms with van der Waals surface area (Å²) in [6.45, 7) is 13.1. The third-order valence-corrected chi connectivity index (χ3v) is 5.42. The van der Waals surface area contributed by atoms with Crippen LogP contribution >= 0.6 is 24.0 Å². The van der Waals surface area contributed by atoms with E-state index in [-0.39, 0.29) is 29.9 Å². The summed E-state index contributed by atoms with van der Waals surface area (Å²) in [5, 5.41) is 9.65. The van der Waals surface area contributed by atoms with Crippen molar-refractivity contribution in [3.63, 3.8) is 0 Å². The van der Waals surface area contributed by atoms with Crippen molar-refractivity contribution in [2.45, 2.75) is 51.7 Å². The van der Waals surface area contributed by atoms with Gasteiger partial charge in [0.25, 0.3) is 0 Å². The molecule has 8 nitrogen and oxygen atoms in total. The SMILES string of the molecule is CCNC(=NCC(C)N1CCOCC1C)NC1CCN(CC(=O)NC)CC1.I. The molecule has 0 bridgehead atoms. The van der Waals surface area contributed by atoms with E-state index in [2.05, 4.69) is 46.5 Å². The summed E-state index contributed by atoms with van der Waals surface area (Å²) in [5.41, 5.74) is 0. The topological polar surface area (TPSA) is 81.2 Å². The smallest absolute Gasteiger partial charge is 0.233 e. The number of amides is 1. The summed E-state index contributed by atoms with van der Waals surface area (Å²) < 4.78 is 5.54. The van der Waals surface area contributed by atoms with Crippen LogP contribution < -0.4 is 16.0 Å². The maximum absolute atomic E-state index is 11.5. The van der Waals surface area contributed by atoms with Crippen LogP contribution in [0.5, 0.6) is 0 Å². The predicted molar refractivity (Wildman–Crippen MR) is 125 cm³/mol. The summed E-state index contributed by atoms with van der Waals surface area (Å²) in [6, 6.07) is 1.25. The van der Waals surface area contributed by atoms with Crippen molar-refractivity contribution in [3.05, 3.63) is 0 Å². The fraction of sp³-hybridized carbons (Fsp3) is 0.895. The molecule has 2 aliphatic heterocycles. The number of ether oxygens (including phenoxy) is 1. The minimum atomic E-state index is 0. The highest BCUT2D eigenvalue weighted by atomic mass is 127. The van der Waals surface area contributed by atoms with Gasteiger partial charge in [0.15, 0.2) is 5.96 Å². The molecule has 0 saturated carbocycles. The summed E-state index contributed by atoms with van der Waals surface area (Å²) in [4.78, 5) is 21.0. The maximum atomic E-state index is 11.5. The quantitative estimate of drug-likeness (QED) is 0.263. The number of halogens is 1. The van der Waals surface area contributed by atoms with Crippen molar-refractivity contribution in [1.29, 1.82) is 0 Å². The first-order chi connectivity index (χ1) is 13.0. The summed E-state index contributed by atoms with van der Waals surface area (Å²) in [5.74, 6) is 0.984. The fourth-order valence-electron chi connectivity index (χ4n) is 3.75. The van der Waals surface area contributed by atoms with Crippen LogP contribution in [-0.2, 0) is 9.53 Å². The van der Waals surface area contributed by atoms with Gasteiger partial charge in [-0.2, -0.15) is 0 Å². The minimum absolute atomic E-state index is 0. The third kappa shape index (κ3) is 8.38. The van der Waals surface area contributed by atoms with Gasteiger partial charge in [-0.25, -0.2) is 0 Å². The van der Waals surface area contributed by atoms with Gasteiger partial charge in [0.1, 0.15) is 0 Å². The number of nitrogens with one attached hydrogen (secondary N) is 3. The van der Waals surface area contributed by atoms with Crippen LogP contribution in [0.15, 0.2) is 4.99 Å². The number of carbonyl (C=O) groups is 1. The third-order valence-electron chi connectivity index (χ3n) is 5.42. The number of hydrogen-bond donors (Lipinski definition) is 3. The first-order valence-corrected chi connectivity index (χ1v) is 10.3. The van der Waals surface area contributed by atoms with Crippen molar-refractivity contribution in [2.24, 2.45) is 4.99 Å². The Hall–Kier alpha value is -0.650. The van der Waals surface area contributed by atoms with Crippen LogP contribution in [0.3, 0.4) is 0 Å². The van der Waals surface area contributed by atoms with E-state index >= 15 is 0 Å². The van der Waals surface area contributed by atoms with E-state index < -0.39 is 0 Å². The Kier molecular flexibility index (Phi) is 12.3. The first kappa shape index (κ1) is 25.4. The Morgan fingerprint density at radius 1 is 1.29 bits per heavy atom. The van der Waals surface area contributed by atoms with E-state index in [1.165, 1.54) is 0 Å². The molecule has 164 valence electrons. The Morgan fingerprint density at radius 3 is 2.61 bits per heavy atom. The van der Waals surface area contributed by atoms with Gasteiger partial charge in [0.2, 0.25) is 5.91 Å². The van der Waals surface area contributed by atoms with E-state index in [4.69, 9.17) is 9.73 Å². The number of carbonyl (C=O) groups excluding carboxylic acids is 1. The van der Waals surface area contributed by atoms with Gasteiger partial charge >= 0.3 is 0 Å². The molecule has 0 aromatic rings. The molecule has 28 heavy (non-hydrogen) atoms. The molecule has 2 heterocycles. The van der Waals surface area contributed by atoms with Crippen molar-refractivity contribution in [3.8, 4) is 0 Å². The van der Waals surface area contributed by atoms with Gasteiger partial charge in [-0.15, -0.1) is 24.0 Å². The number of nitrogens with zero attached hydrogens (tertiary/aromatic N) is 3. The van der Waals surface area contributed by atoms with Gasteiger partial charge in [-0.1, -0.05) is 0 Å². The van der Waals surface area contributed by atoms with Crippen LogP contribution in [0.25, 0.3) is 0 Å². The molecule has 2 unspecified atom stereocenters. The predicted octanol–water partition coefficient (Wildman–Crippen LogP) is 0.479. The van der Waals surface area contributed by atoms with Gasteiger partial charge in [-0.05, 0) is 33.6 Å². The van der Waals surface area contributed by atoms with Crippen LogP contribution in [0.2, 0.25) is 0 Å². The number of hydrogen-bond acceptors (Lipinski definition) is 5. The van der Waals surface area contributed by atoms with Crippen molar-refractivity contribution in [2.75, 3.05) is 59.5 Å². The highest BCUT2D eigenvalue weighted by molar-refractivity contribution is 14.0. The Morgan fingerprint density at radius 2 is 2.00 bits per heavy atom. The fourth-order valence-corrected chi connectivity index (χ4v) is 3.75. The Balaban J connectivity index is 0.00000392. The number of piperidine rings is 1. The van der Waals surface area contributed by atoms with E-state index in [1.54, 1.807) is 7.05 Å². The Bertz CT molecular complexity index is 485. The second kappa shape index (κ2) is 13.6. The zero-order valence-corrected chi connectivity index (χ0v) is 20.2. The molecule has 2 saturated heterocycles. The molecular formula is C19H39IN6O2. The molecule has 0 aromatic heterocycles. The van der Waals surface area contributed by atoms with Crippen LogP contribution in [0.4, 0.5) is 0 Å². The molecule has 3 N–H and O–H groups in total. The second-order valence-corrected chi connectivity index (χ2v) is 7.60. The lowest BCUT2D eigenvalue weighted by molar-refractivity contribution is -0.122. The number of aliphatic imine (C=N–C) groups is 1. The van der Waals surface area contributed by atoms with Crippen molar-refractivity contribution < 1.29 is 9.53 Å². The molecule has 0 aromatic carbocycles. The molecule has 9 heteroatoms. The molecule has 1 amide bonds. The zero-order valence-electron chi connectivity index (χ0n) is 17.9. The van der Waals surface area contributed by atoms with Gasteiger partial charge in [0, 0.05) is 51.4 Å². The molecule has 0 radical (unpaired) electrons. The monoisotopic (exact) mass is 510 g/mol. The second-order valence-electron chi connectivity index (χ2n) is 7.60. The summed E-state index contributed by atoms with van der Waals surface area (Å²) in [6.07, 6.45) is 2.05. The van der Waals surface area contributed by atoms with Gasteiger partial charge < -0.3 is 20.7 Å². The van der Waals surface area contributed by atoms with Crippen molar-refractivity contribution >= 4 is 35.8 Å². The number of likely N-dealkylation sites (N-methyl/N-ethyl adjacent to an activating group) is 1. The number of guanidine groups is 1. The van der Waals surface area contributed by atoms with E-state index in [1.807, 2.05) is 0 Å². The Labute approximate surface area is 187 Å². The zero-order chi connectivity index (χ0) is 19.6. The average Bonchev–Trinajstić information content (AvgIpc) is 2.67. The molecule has 2 fully saturated rings. The van der Waals surface area contributed by atoms with E-state index in [0.717, 1.165) is 64.7 Å². The summed E-state index contributed by atoms with van der Waals surface area (Å²) >= 11 is 0. The number of rotatable bonds is 7. The van der Waals surface area contributed by atoms with Crippen LogP contribution in [0, 0.1) is 0 Å². The molecule has 2 rings (SSSR count). The lowest BCUT2D eigenvalue weighted by atomic mass is 10.1. The standard InChI is InChI=1S/C19H38N6O2.HI/c1-5-21-19(22-12-15(2)25-10-11-27-14-16(25)3)23-17-6-8-24(9-7-17)13-18(26)20-4;/h15-17H,5-14H2,1-4H3,(H,20,26)(H2,21,22,23);1H. The molecular weight excluding hydrogens is 471 g/mol. The highest BCUT2D eigenvalue weighted by Crippen LogP contribution is 2.12. The lowest BCUT2D eigenvalue weighted by Gasteiger charge is -2.37. The first-order valence-electron chi connectivity index (χ1n) is 10.3. The molecule has 2 atom stereocenters. The average molecular weight is 510 g/mol. The van der Waals surface area contributed by atoms with Crippen molar-refractivity contribution in [1.82, 2.24) is 25.8 Å². The lowest BCUT2D eigenvalue weighted by Crippen LogP contribution is -2.51. The normalized spacial score (nSPS) is 23.6. The number of morpholine rings is 1. The molecule has 2 aliphatic rings. The van der Waals surface area contributed by atoms with Gasteiger partial charge in [0.05, 0.1) is 26.3 Å². The van der Waals surface area contributed by atoms with E-state index in [9.17, 15) is 4.79 Å². The van der Waals surface area contributed by atoms with E-state index in [0.29, 0.717) is 24.7 Å².